The Morgan fingerprint density at radius 3 is 2.56 bits per heavy atom. The van der Waals surface area contributed by atoms with E-state index in [4.69, 9.17) is 0 Å². The summed E-state index contributed by atoms with van der Waals surface area (Å²) < 4.78 is 0. The summed E-state index contributed by atoms with van der Waals surface area (Å²) in [7, 11) is 2.03. The number of hydrogen-bond acceptors (Lipinski definition) is 3. The number of halogens is 1. The molecule has 1 aromatic carbocycles. The molecule has 0 radical (unpaired) electrons. The molecule has 0 spiro atoms. The lowest BCUT2D eigenvalue weighted by Crippen LogP contribution is -2.40. The van der Waals surface area contributed by atoms with Gasteiger partial charge in [-0.3, -0.25) is 9.79 Å². The lowest BCUT2D eigenvalue weighted by atomic mass is 10.2. The zero-order valence-electron chi connectivity index (χ0n) is 16.4. The molecule has 0 bridgehead atoms. The first-order chi connectivity index (χ1) is 12.6. The van der Waals surface area contributed by atoms with Crippen molar-refractivity contribution in [2.45, 2.75) is 32.6 Å². The number of hydrogen-bond donors (Lipinski definition) is 3. The van der Waals surface area contributed by atoms with Crippen LogP contribution in [-0.4, -0.2) is 55.1 Å². The average Bonchev–Trinajstić information content (AvgIpc) is 2.64. The Labute approximate surface area is 180 Å². The summed E-state index contributed by atoms with van der Waals surface area (Å²) in [6.07, 6.45) is 6.50. The second-order valence-corrected chi connectivity index (χ2v) is 6.10. The molecule has 27 heavy (non-hydrogen) atoms. The average molecular weight is 488 g/mol. The van der Waals surface area contributed by atoms with E-state index in [1.807, 2.05) is 20.0 Å². The zero-order valence-corrected chi connectivity index (χ0v) is 18.7. The van der Waals surface area contributed by atoms with Gasteiger partial charge in [0.1, 0.15) is 5.75 Å². The standard InChI is InChI=1S/C20H32N4O2.HI/c1-4-6-7-8-9-16-24(3)20(21-5-2)23-15-14-22-19(26)17-10-12-18(25)13-11-17;/h4,10-13,25H,1,5-9,14-16H2,2-3H3,(H,21,23)(H,22,26);1H. The number of carbonyl (C=O) groups excluding carboxylic acids is 1. The Morgan fingerprint density at radius 2 is 1.93 bits per heavy atom. The normalized spacial score (nSPS) is 10.7. The Morgan fingerprint density at radius 1 is 1.22 bits per heavy atom. The first-order valence-electron chi connectivity index (χ1n) is 9.26. The monoisotopic (exact) mass is 488 g/mol. The number of carbonyl (C=O) groups is 1. The lowest BCUT2D eigenvalue weighted by molar-refractivity contribution is 0.0955. The predicted octanol–water partition coefficient (Wildman–Crippen LogP) is 3.38. The van der Waals surface area contributed by atoms with Crippen LogP contribution in [0.3, 0.4) is 0 Å². The fourth-order valence-electron chi connectivity index (χ4n) is 2.44. The van der Waals surface area contributed by atoms with E-state index >= 15 is 0 Å². The number of amides is 1. The molecule has 0 aliphatic heterocycles. The fourth-order valence-corrected chi connectivity index (χ4v) is 2.44. The van der Waals surface area contributed by atoms with Gasteiger partial charge in [-0.05, 0) is 50.5 Å². The van der Waals surface area contributed by atoms with Crippen molar-refractivity contribution in [3.8, 4) is 5.75 Å². The number of aliphatic imine (C=N–C) groups is 1. The van der Waals surface area contributed by atoms with Gasteiger partial charge in [0.25, 0.3) is 5.91 Å². The topological polar surface area (TPSA) is 77.0 Å². The third kappa shape index (κ3) is 10.8. The van der Waals surface area contributed by atoms with Gasteiger partial charge >= 0.3 is 0 Å². The van der Waals surface area contributed by atoms with E-state index in [1.165, 1.54) is 25.0 Å². The molecule has 7 heteroatoms. The number of unbranched alkanes of at least 4 members (excludes halogenated alkanes) is 3. The first kappa shape index (κ1) is 25.2. The van der Waals surface area contributed by atoms with Gasteiger partial charge in [0.2, 0.25) is 0 Å². The number of rotatable bonds is 11. The summed E-state index contributed by atoms with van der Waals surface area (Å²) in [5, 5.41) is 15.4. The second kappa shape index (κ2) is 15.3. The lowest BCUT2D eigenvalue weighted by Gasteiger charge is -2.22. The Hall–Kier alpha value is -1.77. The van der Waals surface area contributed by atoms with Gasteiger partial charge in [0, 0.05) is 32.2 Å². The van der Waals surface area contributed by atoms with Crippen LogP contribution in [0, 0.1) is 0 Å². The molecule has 0 unspecified atom stereocenters. The van der Waals surface area contributed by atoms with Crippen LogP contribution in [0.15, 0.2) is 41.9 Å². The minimum atomic E-state index is -0.166. The quantitative estimate of drug-likeness (QED) is 0.147. The molecule has 1 aromatic rings. The highest BCUT2D eigenvalue weighted by atomic mass is 127. The first-order valence-corrected chi connectivity index (χ1v) is 9.26. The number of nitrogens with zero attached hydrogens (tertiary/aromatic N) is 2. The largest absolute Gasteiger partial charge is 0.508 e. The van der Waals surface area contributed by atoms with E-state index in [9.17, 15) is 9.90 Å². The molecule has 0 aliphatic carbocycles. The third-order valence-electron chi connectivity index (χ3n) is 3.89. The van der Waals surface area contributed by atoms with E-state index in [0.29, 0.717) is 18.7 Å². The van der Waals surface area contributed by atoms with Crippen molar-refractivity contribution in [3.05, 3.63) is 42.5 Å². The summed E-state index contributed by atoms with van der Waals surface area (Å²) in [4.78, 5) is 18.7. The van der Waals surface area contributed by atoms with Crippen molar-refractivity contribution >= 4 is 35.8 Å². The molecule has 0 aromatic heterocycles. The molecule has 0 aliphatic rings. The van der Waals surface area contributed by atoms with Crippen molar-refractivity contribution in [1.82, 2.24) is 15.5 Å². The van der Waals surface area contributed by atoms with Gasteiger partial charge in [-0.1, -0.05) is 12.5 Å². The minimum Gasteiger partial charge on any atom is -0.508 e. The predicted molar refractivity (Wildman–Crippen MR) is 123 cm³/mol. The summed E-state index contributed by atoms with van der Waals surface area (Å²) in [5.74, 6) is 0.838. The molecule has 1 rings (SSSR count). The smallest absolute Gasteiger partial charge is 0.251 e. The van der Waals surface area contributed by atoms with Crippen LogP contribution in [-0.2, 0) is 0 Å². The van der Waals surface area contributed by atoms with E-state index in [0.717, 1.165) is 31.9 Å². The highest BCUT2D eigenvalue weighted by molar-refractivity contribution is 14.0. The maximum Gasteiger partial charge on any atom is 0.251 e. The van der Waals surface area contributed by atoms with Crippen LogP contribution in [0.25, 0.3) is 0 Å². The number of phenolic OH excluding ortho intramolecular Hbond substituents is 1. The van der Waals surface area contributed by atoms with E-state index in [-0.39, 0.29) is 35.6 Å². The van der Waals surface area contributed by atoms with E-state index < -0.39 is 0 Å². The number of aromatic hydroxyl groups is 1. The number of phenols is 1. The van der Waals surface area contributed by atoms with Crippen LogP contribution in [0.5, 0.6) is 5.75 Å². The van der Waals surface area contributed by atoms with Gasteiger partial charge in [-0.15, -0.1) is 30.6 Å². The number of nitrogens with one attached hydrogen (secondary N) is 2. The highest BCUT2D eigenvalue weighted by Crippen LogP contribution is 2.09. The fraction of sp³-hybridized carbons (Fsp3) is 0.500. The summed E-state index contributed by atoms with van der Waals surface area (Å²) >= 11 is 0. The Balaban J connectivity index is 0.00000676. The molecule has 152 valence electrons. The van der Waals surface area contributed by atoms with Crippen molar-refractivity contribution in [3.63, 3.8) is 0 Å². The summed E-state index contributed by atoms with van der Waals surface area (Å²) in [6.45, 7) is 8.50. The van der Waals surface area contributed by atoms with Gasteiger partial charge < -0.3 is 20.6 Å². The number of guanidine groups is 1. The van der Waals surface area contributed by atoms with Crippen LogP contribution < -0.4 is 10.6 Å². The maximum atomic E-state index is 12.0. The summed E-state index contributed by atoms with van der Waals surface area (Å²) in [6, 6.07) is 6.19. The van der Waals surface area contributed by atoms with E-state index in [2.05, 4.69) is 27.1 Å². The van der Waals surface area contributed by atoms with Crippen LogP contribution >= 0.6 is 24.0 Å². The van der Waals surface area contributed by atoms with Gasteiger partial charge in [-0.25, -0.2) is 0 Å². The van der Waals surface area contributed by atoms with Crippen molar-refractivity contribution < 1.29 is 9.90 Å². The SMILES string of the molecule is C=CCCCCCN(C)C(=NCCNC(=O)c1ccc(O)cc1)NCC.I. The molecule has 6 nitrogen and oxygen atoms in total. The number of allylic oxidation sites excluding steroid dienone is 1. The van der Waals surface area contributed by atoms with Gasteiger partial charge in [0.05, 0.1) is 6.54 Å². The van der Waals surface area contributed by atoms with Crippen LogP contribution in [0.2, 0.25) is 0 Å². The van der Waals surface area contributed by atoms with Crippen molar-refractivity contribution in [2.24, 2.45) is 4.99 Å². The molecule has 0 fully saturated rings. The molecule has 0 saturated carbocycles. The van der Waals surface area contributed by atoms with Crippen molar-refractivity contribution in [1.29, 1.82) is 0 Å². The summed E-state index contributed by atoms with van der Waals surface area (Å²) in [5.41, 5.74) is 0.523. The highest BCUT2D eigenvalue weighted by Gasteiger charge is 2.06. The van der Waals surface area contributed by atoms with Gasteiger partial charge in [0.15, 0.2) is 5.96 Å². The minimum absolute atomic E-state index is 0. The van der Waals surface area contributed by atoms with Crippen LogP contribution in [0.4, 0.5) is 0 Å². The second-order valence-electron chi connectivity index (χ2n) is 6.10. The molecular weight excluding hydrogens is 455 g/mol. The maximum absolute atomic E-state index is 12.0. The molecule has 0 heterocycles. The number of benzene rings is 1. The molecule has 0 atom stereocenters. The van der Waals surface area contributed by atoms with Crippen molar-refractivity contribution in [2.75, 3.05) is 33.2 Å². The van der Waals surface area contributed by atoms with Gasteiger partial charge in [-0.2, -0.15) is 0 Å². The third-order valence-corrected chi connectivity index (χ3v) is 3.89. The zero-order chi connectivity index (χ0) is 19.2. The Bertz CT molecular complexity index is 576. The van der Waals surface area contributed by atoms with Crippen LogP contribution in [0.1, 0.15) is 43.0 Å². The molecular formula is C20H33IN4O2. The Kier molecular flexibility index (Phi) is 14.3. The molecule has 3 N–H and O–H groups in total. The van der Waals surface area contributed by atoms with E-state index in [1.54, 1.807) is 12.1 Å². The molecule has 0 saturated heterocycles. The molecule has 1 amide bonds.